The molecule has 2 aromatic carbocycles. The lowest BCUT2D eigenvalue weighted by Gasteiger charge is -2.15. The van der Waals surface area contributed by atoms with Crippen molar-refractivity contribution in [2.45, 2.75) is 19.4 Å². The summed E-state index contributed by atoms with van der Waals surface area (Å²) in [6.07, 6.45) is 3.70. The number of halogens is 1. The number of amides is 1. The van der Waals surface area contributed by atoms with Crippen LogP contribution in [0.3, 0.4) is 0 Å². The molecule has 0 unspecified atom stereocenters. The van der Waals surface area contributed by atoms with Crippen LogP contribution in [-0.2, 0) is 6.61 Å². The summed E-state index contributed by atoms with van der Waals surface area (Å²) in [6, 6.07) is 13.4. The van der Waals surface area contributed by atoms with E-state index in [1.165, 1.54) is 6.33 Å². The molecule has 2 heterocycles. The van der Waals surface area contributed by atoms with Crippen molar-refractivity contribution in [1.29, 1.82) is 0 Å². The summed E-state index contributed by atoms with van der Waals surface area (Å²) < 4.78 is 6.85. The molecule has 1 saturated heterocycles. The zero-order chi connectivity index (χ0) is 17.9. The second kappa shape index (κ2) is 7.41. The van der Waals surface area contributed by atoms with Crippen LogP contribution < -0.4 is 4.74 Å². The van der Waals surface area contributed by atoms with Crippen molar-refractivity contribution in [1.82, 2.24) is 14.9 Å². The van der Waals surface area contributed by atoms with Gasteiger partial charge in [0.2, 0.25) is 5.88 Å². The summed E-state index contributed by atoms with van der Waals surface area (Å²) in [7, 11) is 0. The van der Waals surface area contributed by atoms with Crippen LogP contribution in [-0.4, -0.2) is 33.9 Å². The molecule has 0 aliphatic carbocycles. The highest BCUT2D eigenvalue weighted by Gasteiger charge is 2.19. The van der Waals surface area contributed by atoms with Crippen molar-refractivity contribution in [3.8, 4) is 5.88 Å². The lowest BCUT2D eigenvalue weighted by atomic mass is 10.1. The highest BCUT2D eigenvalue weighted by Crippen LogP contribution is 2.25. The number of hydrogen-bond donors (Lipinski definition) is 0. The normalized spacial score (nSPS) is 14.0. The Balaban J connectivity index is 1.47. The fourth-order valence-corrected chi connectivity index (χ4v) is 3.48. The third-order valence-electron chi connectivity index (χ3n) is 4.53. The van der Waals surface area contributed by atoms with E-state index in [-0.39, 0.29) is 5.91 Å². The molecule has 1 aliphatic heterocycles. The molecule has 0 spiro atoms. The van der Waals surface area contributed by atoms with Gasteiger partial charge in [0.1, 0.15) is 12.9 Å². The molecule has 0 atom stereocenters. The van der Waals surface area contributed by atoms with Gasteiger partial charge in [-0.05, 0) is 48.7 Å². The number of aromatic nitrogens is 2. The number of carbonyl (C=O) groups excluding carboxylic acids is 1. The first-order chi connectivity index (χ1) is 12.7. The molecule has 1 fully saturated rings. The van der Waals surface area contributed by atoms with E-state index in [0.717, 1.165) is 52.4 Å². The van der Waals surface area contributed by atoms with E-state index >= 15 is 0 Å². The highest BCUT2D eigenvalue weighted by molar-refractivity contribution is 9.10. The molecule has 1 aromatic heterocycles. The molecule has 5 nitrogen and oxygen atoms in total. The first-order valence-electron chi connectivity index (χ1n) is 8.62. The summed E-state index contributed by atoms with van der Waals surface area (Å²) in [5, 5.41) is 0.864. The highest BCUT2D eigenvalue weighted by atomic mass is 79.9. The fourth-order valence-electron chi connectivity index (χ4n) is 3.12. The van der Waals surface area contributed by atoms with Crippen LogP contribution in [0.15, 0.2) is 53.3 Å². The Morgan fingerprint density at radius 2 is 1.85 bits per heavy atom. The van der Waals surface area contributed by atoms with Crippen LogP contribution in [0, 0.1) is 0 Å². The number of nitrogens with zero attached hydrogens (tertiary/aromatic N) is 3. The fraction of sp³-hybridized carbons (Fsp3) is 0.250. The number of ether oxygens (including phenoxy) is 1. The predicted molar refractivity (Wildman–Crippen MR) is 103 cm³/mol. The summed E-state index contributed by atoms with van der Waals surface area (Å²) in [4.78, 5) is 22.8. The summed E-state index contributed by atoms with van der Waals surface area (Å²) in [6.45, 7) is 2.11. The molecule has 1 amide bonds. The van der Waals surface area contributed by atoms with E-state index < -0.39 is 0 Å². The van der Waals surface area contributed by atoms with Gasteiger partial charge in [-0.2, -0.15) is 0 Å². The average molecular weight is 412 g/mol. The summed E-state index contributed by atoms with van der Waals surface area (Å²) >= 11 is 3.46. The maximum absolute atomic E-state index is 12.4. The number of fused-ring (bicyclic) bond motifs is 1. The minimum atomic E-state index is 0.113. The van der Waals surface area contributed by atoms with Gasteiger partial charge in [0.25, 0.3) is 5.91 Å². The molecule has 3 aromatic rings. The number of rotatable bonds is 4. The zero-order valence-electron chi connectivity index (χ0n) is 14.2. The SMILES string of the molecule is O=C(c1ccc(COc2ncnc3ccc(Br)cc23)cc1)N1CCCC1. The molecule has 6 heteroatoms. The van der Waals surface area contributed by atoms with Crippen molar-refractivity contribution in [2.75, 3.05) is 13.1 Å². The van der Waals surface area contributed by atoms with Crippen molar-refractivity contribution < 1.29 is 9.53 Å². The van der Waals surface area contributed by atoms with Gasteiger partial charge in [0.05, 0.1) is 10.9 Å². The van der Waals surface area contributed by atoms with E-state index in [1.807, 2.05) is 47.4 Å². The van der Waals surface area contributed by atoms with Gasteiger partial charge in [-0.3, -0.25) is 4.79 Å². The number of benzene rings is 2. The Morgan fingerprint density at radius 3 is 2.62 bits per heavy atom. The van der Waals surface area contributed by atoms with Crippen LogP contribution in [0.2, 0.25) is 0 Å². The van der Waals surface area contributed by atoms with Crippen molar-refractivity contribution in [2.24, 2.45) is 0 Å². The van der Waals surface area contributed by atoms with E-state index in [4.69, 9.17) is 4.74 Å². The Kier molecular flexibility index (Phi) is 4.84. The molecule has 0 saturated carbocycles. The molecule has 132 valence electrons. The van der Waals surface area contributed by atoms with Gasteiger partial charge >= 0.3 is 0 Å². The monoisotopic (exact) mass is 411 g/mol. The molecule has 0 radical (unpaired) electrons. The maximum atomic E-state index is 12.4. The molecule has 0 N–H and O–H groups in total. The second-order valence-electron chi connectivity index (χ2n) is 6.33. The van der Waals surface area contributed by atoms with Gasteiger partial charge in [-0.15, -0.1) is 0 Å². The number of likely N-dealkylation sites (tertiary alicyclic amines) is 1. The van der Waals surface area contributed by atoms with Crippen LogP contribution in [0.5, 0.6) is 5.88 Å². The van der Waals surface area contributed by atoms with Crippen molar-refractivity contribution >= 4 is 32.7 Å². The molecule has 1 aliphatic rings. The first kappa shape index (κ1) is 17.0. The zero-order valence-corrected chi connectivity index (χ0v) is 15.8. The Morgan fingerprint density at radius 1 is 1.08 bits per heavy atom. The van der Waals surface area contributed by atoms with Crippen molar-refractivity contribution in [3.05, 3.63) is 64.4 Å². The quantitative estimate of drug-likeness (QED) is 0.645. The van der Waals surface area contributed by atoms with Gasteiger partial charge < -0.3 is 9.64 Å². The molecule has 4 rings (SSSR count). The Bertz CT molecular complexity index is 937. The van der Waals surface area contributed by atoms with Crippen LogP contribution in [0.4, 0.5) is 0 Å². The van der Waals surface area contributed by atoms with Gasteiger partial charge in [-0.25, -0.2) is 9.97 Å². The number of hydrogen-bond acceptors (Lipinski definition) is 4. The lowest BCUT2D eigenvalue weighted by molar-refractivity contribution is 0.0793. The average Bonchev–Trinajstić information content (AvgIpc) is 3.21. The molecular weight excluding hydrogens is 394 g/mol. The second-order valence-corrected chi connectivity index (χ2v) is 7.24. The molecule has 26 heavy (non-hydrogen) atoms. The lowest BCUT2D eigenvalue weighted by Crippen LogP contribution is -2.27. The maximum Gasteiger partial charge on any atom is 0.253 e. The topological polar surface area (TPSA) is 55.3 Å². The third-order valence-corrected chi connectivity index (χ3v) is 5.02. The van der Waals surface area contributed by atoms with Crippen LogP contribution in [0.25, 0.3) is 10.9 Å². The van der Waals surface area contributed by atoms with Gasteiger partial charge in [0, 0.05) is 23.1 Å². The minimum Gasteiger partial charge on any atom is -0.472 e. The minimum absolute atomic E-state index is 0.113. The van der Waals surface area contributed by atoms with E-state index in [0.29, 0.717) is 12.5 Å². The van der Waals surface area contributed by atoms with E-state index in [2.05, 4.69) is 25.9 Å². The van der Waals surface area contributed by atoms with Gasteiger partial charge in [0.15, 0.2) is 0 Å². The smallest absolute Gasteiger partial charge is 0.253 e. The van der Waals surface area contributed by atoms with Crippen LogP contribution in [0.1, 0.15) is 28.8 Å². The first-order valence-corrected chi connectivity index (χ1v) is 9.41. The standard InChI is InChI=1S/C20H18BrN3O2/c21-16-7-8-18-17(11-16)19(23-13-22-18)26-12-14-3-5-15(6-4-14)20(25)24-9-1-2-10-24/h3-8,11,13H,1-2,9-10,12H2. The van der Waals surface area contributed by atoms with Crippen molar-refractivity contribution in [3.63, 3.8) is 0 Å². The molecule has 0 bridgehead atoms. The largest absolute Gasteiger partial charge is 0.472 e. The summed E-state index contributed by atoms with van der Waals surface area (Å²) in [5.74, 6) is 0.662. The van der Waals surface area contributed by atoms with E-state index in [9.17, 15) is 4.79 Å². The Labute approximate surface area is 160 Å². The summed E-state index contributed by atoms with van der Waals surface area (Å²) in [5.41, 5.74) is 2.56. The third kappa shape index (κ3) is 3.55. The Hall–Kier alpha value is -2.47. The predicted octanol–water partition coefficient (Wildman–Crippen LogP) is 4.21. The van der Waals surface area contributed by atoms with Crippen LogP contribution >= 0.6 is 15.9 Å². The molecular formula is C20H18BrN3O2. The van der Waals surface area contributed by atoms with E-state index in [1.54, 1.807) is 0 Å². The number of carbonyl (C=O) groups is 1. The van der Waals surface area contributed by atoms with Gasteiger partial charge in [-0.1, -0.05) is 28.1 Å².